The molecule has 6 nitrogen and oxygen atoms in total. The van der Waals surface area contributed by atoms with E-state index >= 15 is 0 Å². The molecule has 0 fully saturated rings. The fourth-order valence-electron chi connectivity index (χ4n) is 4.80. The number of hydrogen-bond acceptors (Lipinski definition) is 5. The summed E-state index contributed by atoms with van der Waals surface area (Å²) in [5.41, 5.74) is 0.981. The highest BCUT2D eigenvalue weighted by Crippen LogP contribution is 2.53. The zero-order valence-electron chi connectivity index (χ0n) is 19.0. The second-order valence-corrected chi connectivity index (χ2v) is 15.6. The van der Waals surface area contributed by atoms with E-state index in [4.69, 9.17) is 9.16 Å². The standard InChI is InChI=1S/C24H29NO5SSi/c1-17-10-12-19(13-11-17)31(27,28)25-21-9-7-6-8-20(21)24(16-26)22(25)14-18(15-23(24)29-2)30-32(3,4)5/h6-13,15-16,22-23H,14H2,1-5H3/t22-,23-,24-/m0/s1. The van der Waals surface area contributed by atoms with Crippen molar-refractivity contribution in [2.75, 3.05) is 11.4 Å². The van der Waals surface area contributed by atoms with Crippen molar-refractivity contribution >= 4 is 30.3 Å². The Kier molecular flexibility index (Phi) is 5.59. The van der Waals surface area contributed by atoms with Crippen LogP contribution in [0.2, 0.25) is 19.6 Å². The number of fused-ring (bicyclic) bond motifs is 3. The summed E-state index contributed by atoms with van der Waals surface area (Å²) in [6.45, 7) is 8.12. The van der Waals surface area contributed by atoms with Gasteiger partial charge in [-0.1, -0.05) is 35.9 Å². The van der Waals surface area contributed by atoms with E-state index in [1.54, 1.807) is 43.5 Å². The number of rotatable bonds is 6. The Balaban J connectivity index is 1.93. The van der Waals surface area contributed by atoms with Crippen LogP contribution in [-0.4, -0.2) is 42.3 Å². The summed E-state index contributed by atoms with van der Waals surface area (Å²) in [5.74, 6) is 0.676. The Labute approximate surface area is 191 Å². The van der Waals surface area contributed by atoms with Gasteiger partial charge in [0.2, 0.25) is 8.32 Å². The van der Waals surface area contributed by atoms with E-state index in [2.05, 4.69) is 19.6 Å². The first-order valence-corrected chi connectivity index (χ1v) is 15.5. The van der Waals surface area contributed by atoms with Gasteiger partial charge in [-0.2, -0.15) is 0 Å². The molecule has 0 aromatic heterocycles. The number of aryl methyl sites for hydroxylation is 1. The molecule has 0 unspecified atom stereocenters. The minimum atomic E-state index is -3.94. The second kappa shape index (κ2) is 7.86. The maximum atomic E-state index is 13.9. The molecule has 1 aliphatic heterocycles. The van der Waals surface area contributed by atoms with Gasteiger partial charge in [0.05, 0.1) is 28.5 Å². The molecule has 0 saturated carbocycles. The summed E-state index contributed by atoms with van der Waals surface area (Å²) < 4.78 is 41.3. The number of carbonyl (C=O) groups excluding carboxylic acids is 1. The number of ether oxygens (including phenoxy) is 1. The van der Waals surface area contributed by atoms with Crippen LogP contribution in [0.4, 0.5) is 5.69 Å². The van der Waals surface area contributed by atoms with E-state index in [9.17, 15) is 13.2 Å². The van der Waals surface area contributed by atoms with Gasteiger partial charge in [-0.05, 0) is 56.4 Å². The van der Waals surface area contributed by atoms with Gasteiger partial charge in [0.25, 0.3) is 10.0 Å². The van der Waals surface area contributed by atoms with Gasteiger partial charge in [-0.15, -0.1) is 0 Å². The normalized spacial score (nSPS) is 25.0. The Morgan fingerprint density at radius 2 is 1.75 bits per heavy atom. The van der Waals surface area contributed by atoms with E-state index in [1.807, 2.05) is 25.1 Å². The predicted octanol–water partition coefficient (Wildman–Crippen LogP) is 4.16. The van der Waals surface area contributed by atoms with Crippen LogP contribution in [0.5, 0.6) is 0 Å². The summed E-state index contributed by atoms with van der Waals surface area (Å²) in [4.78, 5) is 13.0. The van der Waals surface area contributed by atoms with E-state index in [0.717, 1.165) is 11.8 Å². The highest BCUT2D eigenvalue weighted by molar-refractivity contribution is 7.93. The van der Waals surface area contributed by atoms with Crippen LogP contribution in [0.15, 0.2) is 65.3 Å². The average Bonchev–Trinajstić information content (AvgIpc) is 3.03. The monoisotopic (exact) mass is 471 g/mol. The van der Waals surface area contributed by atoms with Gasteiger partial charge in [0, 0.05) is 13.5 Å². The van der Waals surface area contributed by atoms with Crippen molar-refractivity contribution in [1.82, 2.24) is 0 Å². The first-order valence-electron chi connectivity index (χ1n) is 10.6. The van der Waals surface area contributed by atoms with E-state index in [-0.39, 0.29) is 4.90 Å². The number of anilines is 1. The lowest BCUT2D eigenvalue weighted by Gasteiger charge is -2.43. The molecule has 4 rings (SSSR count). The first kappa shape index (κ1) is 22.8. The van der Waals surface area contributed by atoms with Gasteiger partial charge >= 0.3 is 0 Å². The molecule has 0 saturated heterocycles. The highest BCUT2D eigenvalue weighted by Gasteiger charge is 2.60. The molecule has 2 aromatic rings. The van der Waals surface area contributed by atoms with Crippen molar-refractivity contribution in [3.05, 3.63) is 71.5 Å². The zero-order valence-corrected chi connectivity index (χ0v) is 20.8. The number of carbonyl (C=O) groups is 1. The summed E-state index contributed by atoms with van der Waals surface area (Å²) >= 11 is 0. The van der Waals surface area contributed by atoms with Crippen LogP contribution in [0, 0.1) is 6.92 Å². The Morgan fingerprint density at radius 1 is 1.09 bits per heavy atom. The molecule has 170 valence electrons. The molecule has 1 heterocycles. The second-order valence-electron chi connectivity index (χ2n) is 9.41. The molecule has 2 aromatic carbocycles. The van der Waals surface area contributed by atoms with Crippen molar-refractivity contribution in [1.29, 1.82) is 0 Å². The van der Waals surface area contributed by atoms with Crippen LogP contribution < -0.4 is 4.31 Å². The summed E-state index contributed by atoms with van der Waals surface area (Å²) in [6.07, 6.45) is 2.35. The fourth-order valence-corrected chi connectivity index (χ4v) is 7.44. The number of benzene rings is 2. The third-order valence-corrected chi connectivity index (χ3v) is 8.82. The summed E-state index contributed by atoms with van der Waals surface area (Å²) in [6, 6.07) is 13.3. The largest absolute Gasteiger partial charge is 0.547 e. The fraction of sp³-hybridized carbons (Fsp3) is 0.375. The average molecular weight is 472 g/mol. The number of sulfonamides is 1. The summed E-state index contributed by atoms with van der Waals surface area (Å²) in [7, 11) is -4.36. The van der Waals surface area contributed by atoms with E-state index < -0.39 is 35.9 Å². The van der Waals surface area contributed by atoms with Crippen molar-refractivity contribution in [3.8, 4) is 0 Å². The molecule has 0 spiro atoms. The lowest BCUT2D eigenvalue weighted by molar-refractivity contribution is -0.117. The highest BCUT2D eigenvalue weighted by atomic mass is 32.2. The first-order chi connectivity index (χ1) is 15.0. The lowest BCUT2D eigenvalue weighted by Crippen LogP contribution is -2.57. The molecule has 8 heteroatoms. The molecular formula is C24H29NO5SSi. The van der Waals surface area contributed by atoms with Crippen LogP contribution >= 0.6 is 0 Å². The molecule has 0 bridgehead atoms. The van der Waals surface area contributed by atoms with Gasteiger partial charge in [0.15, 0.2) is 0 Å². The molecule has 1 aliphatic carbocycles. The molecule has 3 atom stereocenters. The quantitative estimate of drug-likeness (QED) is 0.467. The molecule has 2 aliphatic rings. The van der Waals surface area contributed by atoms with Gasteiger partial charge in [-0.25, -0.2) is 8.42 Å². The molecule has 32 heavy (non-hydrogen) atoms. The predicted molar refractivity (Wildman–Crippen MR) is 127 cm³/mol. The number of para-hydroxylation sites is 1. The van der Waals surface area contributed by atoms with Gasteiger partial charge < -0.3 is 14.0 Å². The minimum absolute atomic E-state index is 0.191. The smallest absolute Gasteiger partial charge is 0.264 e. The van der Waals surface area contributed by atoms with Crippen molar-refractivity contribution in [2.45, 2.75) is 55.4 Å². The maximum Gasteiger partial charge on any atom is 0.264 e. The van der Waals surface area contributed by atoms with Gasteiger partial charge in [0.1, 0.15) is 11.7 Å². The van der Waals surface area contributed by atoms with Crippen molar-refractivity contribution < 1.29 is 22.4 Å². The summed E-state index contributed by atoms with van der Waals surface area (Å²) in [5, 5.41) is 0. The zero-order chi connectivity index (χ0) is 23.3. The van der Waals surface area contributed by atoms with Crippen molar-refractivity contribution in [2.24, 2.45) is 0 Å². The maximum absolute atomic E-state index is 13.9. The number of methoxy groups -OCH3 is 1. The third-order valence-electron chi connectivity index (χ3n) is 6.11. The topological polar surface area (TPSA) is 72.9 Å². The molecular weight excluding hydrogens is 442 g/mol. The van der Waals surface area contributed by atoms with Crippen LogP contribution in [0.1, 0.15) is 17.5 Å². The van der Waals surface area contributed by atoms with E-state index in [0.29, 0.717) is 23.4 Å². The number of hydrogen-bond donors (Lipinski definition) is 0. The number of aldehydes is 1. The van der Waals surface area contributed by atoms with Crippen LogP contribution in [0.3, 0.4) is 0 Å². The third kappa shape index (κ3) is 3.50. The number of nitrogens with zero attached hydrogens (tertiary/aromatic N) is 1. The SMILES string of the molecule is CO[C@H]1C=C(O[Si](C)(C)C)C[C@@H]2N(S(=O)(=O)c3ccc(C)cc3)c3ccccc3[C@]12C=O. The Morgan fingerprint density at radius 3 is 2.34 bits per heavy atom. The lowest BCUT2D eigenvalue weighted by atomic mass is 9.69. The van der Waals surface area contributed by atoms with Gasteiger partial charge in [-0.3, -0.25) is 4.31 Å². The Hall–Kier alpha value is -2.42. The van der Waals surface area contributed by atoms with Crippen LogP contribution in [0.25, 0.3) is 0 Å². The molecule has 0 amide bonds. The molecule has 0 radical (unpaired) electrons. The minimum Gasteiger partial charge on any atom is -0.547 e. The van der Waals surface area contributed by atoms with Crippen molar-refractivity contribution in [3.63, 3.8) is 0 Å². The molecule has 0 N–H and O–H groups in total. The van der Waals surface area contributed by atoms with E-state index in [1.165, 1.54) is 4.31 Å². The van der Waals surface area contributed by atoms with Crippen LogP contribution in [-0.2, 0) is 29.4 Å². The Bertz CT molecular complexity index is 1170.